The number of amides is 2. The fourth-order valence-electron chi connectivity index (χ4n) is 6.58. The van der Waals surface area contributed by atoms with E-state index < -0.39 is 29.7 Å². The molecule has 1 aliphatic carbocycles. The predicted molar refractivity (Wildman–Crippen MR) is 157 cm³/mol. The molecule has 8 nitrogen and oxygen atoms in total. The lowest BCUT2D eigenvalue weighted by molar-refractivity contribution is -0.137. The van der Waals surface area contributed by atoms with Gasteiger partial charge in [0.15, 0.2) is 11.6 Å². The van der Waals surface area contributed by atoms with Gasteiger partial charge in [0.1, 0.15) is 5.82 Å². The summed E-state index contributed by atoms with van der Waals surface area (Å²) in [5.74, 6) is -2.74. The second-order valence-corrected chi connectivity index (χ2v) is 11.2. The first-order chi connectivity index (χ1) is 20.3. The van der Waals surface area contributed by atoms with Crippen molar-refractivity contribution in [3.63, 3.8) is 0 Å². The van der Waals surface area contributed by atoms with Gasteiger partial charge < -0.3 is 20.1 Å². The van der Waals surface area contributed by atoms with Crippen molar-refractivity contribution in [2.24, 2.45) is 0 Å². The number of hydrogen-bond acceptors (Lipinski definition) is 6. The molecule has 2 heterocycles. The summed E-state index contributed by atoms with van der Waals surface area (Å²) in [4.78, 5) is 30.4. The van der Waals surface area contributed by atoms with Crippen molar-refractivity contribution in [1.29, 1.82) is 0 Å². The van der Waals surface area contributed by atoms with Gasteiger partial charge in [0.05, 0.1) is 37.7 Å². The minimum Gasteiger partial charge on any atom is -0.466 e. The average Bonchev–Trinajstić information content (AvgIpc) is 3.46. The molecule has 2 aliphatic heterocycles. The van der Waals surface area contributed by atoms with Gasteiger partial charge in [-0.05, 0) is 67.3 Å². The minimum absolute atomic E-state index is 0. The zero-order chi connectivity index (χ0) is 29.8. The molecule has 1 saturated carbocycles. The van der Waals surface area contributed by atoms with Crippen LogP contribution in [0.1, 0.15) is 55.2 Å². The summed E-state index contributed by atoms with van der Waals surface area (Å²) >= 11 is 0. The summed E-state index contributed by atoms with van der Waals surface area (Å²) in [5.41, 5.74) is 1.52. The molecule has 12 heteroatoms. The third-order valence-electron chi connectivity index (χ3n) is 8.69. The van der Waals surface area contributed by atoms with Crippen LogP contribution in [0.3, 0.4) is 0 Å². The molecule has 2 unspecified atom stereocenters. The third kappa shape index (κ3) is 7.11. The number of ether oxygens (including phenoxy) is 2. The zero-order valence-electron chi connectivity index (χ0n) is 24.3. The smallest absolute Gasteiger partial charge is 0.338 e. The van der Waals surface area contributed by atoms with Gasteiger partial charge in [-0.3, -0.25) is 9.80 Å². The number of nitrogens with one attached hydrogen (secondary N) is 2. The Morgan fingerprint density at radius 3 is 2.40 bits per heavy atom. The molecule has 2 aromatic rings. The van der Waals surface area contributed by atoms with Crippen LogP contribution in [0.25, 0.3) is 0 Å². The molecule has 1 saturated heterocycles. The summed E-state index contributed by atoms with van der Waals surface area (Å²) in [6.07, 6.45) is 4.51. The molecule has 234 valence electrons. The molecule has 0 bridgehead atoms. The number of carbonyl (C=O) groups is 2. The van der Waals surface area contributed by atoms with Crippen LogP contribution in [-0.4, -0.2) is 74.5 Å². The molecule has 3 aliphatic rings. The van der Waals surface area contributed by atoms with Crippen LogP contribution < -0.4 is 10.6 Å². The number of esters is 1. The van der Waals surface area contributed by atoms with Gasteiger partial charge in [-0.25, -0.2) is 22.8 Å². The molecule has 2 fully saturated rings. The van der Waals surface area contributed by atoms with E-state index in [1.807, 2.05) is 12.1 Å². The lowest BCUT2D eigenvalue weighted by Crippen LogP contribution is -2.54. The monoisotopic (exact) mass is 622 g/mol. The Balaban J connectivity index is 0.00000423. The van der Waals surface area contributed by atoms with E-state index in [0.717, 1.165) is 56.3 Å². The Labute approximate surface area is 256 Å². The lowest BCUT2D eigenvalue weighted by atomic mass is 9.81. The number of hydrogen-bond donors (Lipinski definition) is 2. The van der Waals surface area contributed by atoms with Gasteiger partial charge in [-0.1, -0.05) is 24.3 Å². The fourth-order valence-corrected chi connectivity index (χ4v) is 6.58. The number of likely N-dealkylation sites (tertiary alicyclic amines) is 1. The van der Waals surface area contributed by atoms with Crippen molar-refractivity contribution in [2.75, 3.05) is 40.6 Å². The summed E-state index contributed by atoms with van der Waals surface area (Å²) in [6.45, 7) is 1.56. The molecule has 0 radical (unpaired) electrons. The molecular weight excluding hydrogens is 585 g/mol. The van der Waals surface area contributed by atoms with Crippen molar-refractivity contribution in [3.05, 3.63) is 82.3 Å². The van der Waals surface area contributed by atoms with Crippen LogP contribution in [0, 0.1) is 17.5 Å². The van der Waals surface area contributed by atoms with Crippen molar-refractivity contribution >= 4 is 24.4 Å². The van der Waals surface area contributed by atoms with Gasteiger partial charge in [-0.2, -0.15) is 0 Å². The normalized spacial score (nSPS) is 24.3. The SMILES string of the molecule is COCC1=C(C(=O)OC)C(c2ccc(F)c(F)c2)N(C(=O)NC2CCN(C3CCC(c4ccccc4F)CC3)C2)CN1.Cl. The highest BCUT2D eigenvalue weighted by molar-refractivity contribution is 5.92. The van der Waals surface area contributed by atoms with E-state index in [1.54, 1.807) is 6.07 Å². The number of carbonyl (C=O) groups excluding carboxylic acids is 2. The Kier molecular flexibility index (Phi) is 11.0. The minimum atomic E-state index is -1.08. The van der Waals surface area contributed by atoms with E-state index in [1.165, 1.54) is 31.3 Å². The summed E-state index contributed by atoms with van der Waals surface area (Å²) in [5, 5.41) is 6.15. The van der Waals surface area contributed by atoms with Crippen molar-refractivity contribution in [3.8, 4) is 0 Å². The van der Waals surface area contributed by atoms with Gasteiger partial charge in [0.25, 0.3) is 0 Å². The largest absolute Gasteiger partial charge is 0.466 e. The lowest BCUT2D eigenvalue weighted by Gasteiger charge is -2.39. The van der Waals surface area contributed by atoms with Crippen LogP contribution in [0.4, 0.5) is 18.0 Å². The zero-order valence-corrected chi connectivity index (χ0v) is 25.1. The topological polar surface area (TPSA) is 83.1 Å². The first-order valence-electron chi connectivity index (χ1n) is 14.3. The summed E-state index contributed by atoms with van der Waals surface area (Å²) < 4.78 is 52.7. The molecule has 5 rings (SSSR count). The molecule has 2 atom stereocenters. The van der Waals surface area contributed by atoms with Gasteiger partial charge in [0.2, 0.25) is 0 Å². The number of methoxy groups -OCH3 is 2. The fraction of sp³-hybridized carbons (Fsp3) is 0.484. The van der Waals surface area contributed by atoms with Crippen molar-refractivity contribution < 1.29 is 32.2 Å². The number of nitrogens with zero attached hydrogens (tertiary/aromatic N) is 2. The number of urea groups is 1. The van der Waals surface area contributed by atoms with Crippen molar-refractivity contribution in [2.45, 2.75) is 56.1 Å². The highest BCUT2D eigenvalue weighted by Crippen LogP contribution is 2.37. The average molecular weight is 623 g/mol. The molecule has 2 amide bonds. The highest BCUT2D eigenvalue weighted by Gasteiger charge is 2.40. The molecule has 43 heavy (non-hydrogen) atoms. The molecule has 0 aromatic heterocycles. The summed E-state index contributed by atoms with van der Waals surface area (Å²) in [7, 11) is 2.69. The second kappa shape index (κ2) is 14.5. The number of benzene rings is 2. The number of halogens is 4. The maximum absolute atomic E-state index is 14.3. The van der Waals surface area contributed by atoms with E-state index >= 15 is 0 Å². The van der Waals surface area contributed by atoms with Crippen LogP contribution in [0.15, 0.2) is 53.7 Å². The van der Waals surface area contributed by atoms with Gasteiger partial charge >= 0.3 is 12.0 Å². The van der Waals surface area contributed by atoms with E-state index in [4.69, 9.17) is 9.47 Å². The summed E-state index contributed by atoms with van der Waals surface area (Å²) in [6, 6.07) is 9.11. The van der Waals surface area contributed by atoms with Gasteiger partial charge in [-0.15, -0.1) is 12.4 Å². The maximum atomic E-state index is 14.3. The van der Waals surface area contributed by atoms with E-state index in [0.29, 0.717) is 18.3 Å². The Morgan fingerprint density at radius 1 is 0.977 bits per heavy atom. The van der Waals surface area contributed by atoms with Crippen LogP contribution in [-0.2, 0) is 14.3 Å². The quantitative estimate of drug-likeness (QED) is 0.423. The first-order valence-corrected chi connectivity index (χ1v) is 14.3. The van der Waals surface area contributed by atoms with Crippen LogP contribution >= 0.6 is 12.4 Å². The van der Waals surface area contributed by atoms with E-state index in [9.17, 15) is 22.8 Å². The highest BCUT2D eigenvalue weighted by atomic mass is 35.5. The second-order valence-electron chi connectivity index (χ2n) is 11.2. The predicted octanol–water partition coefficient (Wildman–Crippen LogP) is 5.01. The Morgan fingerprint density at radius 2 is 1.72 bits per heavy atom. The maximum Gasteiger partial charge on any atom is 0.338 e. The standard InChI is InChI=1S/C31H37F3N4O4.ClH/c1-41-17-27-28(30(39)42-2)29(20-9-12-25(33)26(34)15-20)38(18-35-27)31(40)36-21-13-14-37(16-21)22-10-7-19(8-11-22)23-5-3-4-6-24(23)32;/h3-6,9,12,15,19,21-22,29,35H,7-8,10-11,13-14,16-18H2,1-2H3,(H,36,40);1H. The van der Waals surface area contributed by atoms with Crippen molar-refractivity contribution in [1.82, 2.24) is 20.4 Å². The van der Waals surface area contributed by atoms with E-state index in [-0.39, 0.29) is 54.6 Å². The Hall–Kier alpha value is -3.28. The third-order valence-corrected chi connectivity index (χ3v) is 8.69. The number of rotatable bonds is 7. The van der Waals surface area contributed by atoms with Crippen LogP contribution in [0.2, 0.25) is 0 Å². The Bertz CT molecular complexity index is 1340. The molecule has 0 spiro atoms. The van der Waals surface area contributed by atoms with Gasteiger partial charge in [0, 0.05) is 32.3 Å². The first kappa shape index (κ1) is 32.6. The molecule has 2 aromatic carbocycles. The van der Waals surface area contributed by atoms with Crippen LogP contribution in [0.5, 0.6) is 0 Å². The van der Waals surface area contributed by atoms with E-state index in [2.05, 4.69) is 15.5 Å². The molecule has 2 N–H and O–H groups in total. The molecular formula is C31H38ClF3N4O4.